The van der Waals surface area contributed by atoms with Gasteiger partial charge in [0.1, 0.15) is 6.10 Å². The molecule has 0 radical (unpaired) electrons. The summed E-state index contributed by atoms with van der Waals surface area (Å²) in [6.45, 7) is 2.12. The van der Waals surface area contributed by atoms with Crippen LogP contribution in [0, 0.1) is 0 Å². The lowest BCUT2D eigenvalue weighted by atomic mass is 10.0. The first kappa shape index (κ1) is 27.6. The van der Waals surface area contributed by atoms with Gasteiger partial charge in [-0.2, -0.15) is 0 Å². The predicted molar refractivity (Wildman–Crippen MR) is 121 cm³/mol. The molecule has 1 unspecified atom stereocenters. The standard InChI is InChI=1S/C25H50O3/c1-2-3-4-5-6-7-8-9-10-11-12-13-14-15-16-17-18-19-20-21-24(27)25(28)22-23-26/h24,26-27H,2-23H2,1H3. The molecule has 0 aromatic carbocycles. The van der Waals surface area contributed by atoms with Gasteiger partial charge >= 0.3 is 0 Å². The molecule has 0 aromatic heterocycles. The molecule has 0 fully saturated rings. The van der Waals surface area contributed by atoms with E-state index in [1.165, 1.54) is 109 Å². The molecule has 0 amide bonds. The Morgan fingerprint density at radius 1 is 0.607 bits per heavy atom. The first-order valence-electron chi connectivity index (χ1n) is 12.5. The van der Waals surface area contributed by atoms with Gasteiger partial charge in [0.15, 0.2) is 5.78 Å². The number of aliphatic hydroxyl groups is 2. The fourth-order valence-electron chi connectivity index (χ4n) is 3.85. The van der Waals surface area contributed by atoms with Gasteiger partial charge in [-0.05, 0) is 6.42 Å². The number of Topliss-reactive ketones (excluding diaryl/α,β-unsaturated/α-hetero) is 1. The van der Waals surface area contributed by atoms with Crippen molar-refractivity contribution in [2.24, 2.45) is 0 Å². The minimum absolute atomic E-state index is 0.0836. The SMILES string of the molecule is CCCCCCCCCCCCCCCCCCCCCC(O)C(=O)CCO. The van der Waals surface area contributed by atoms with Gasteiger partial charge in [-0.3, -0.25) is 4.79 Å². The molecule has 0 aliphatic rings. The van der Waals surface area contributed by atoms with E-state index < -0.39 is 6.10 Å². The molecule has 0 bridgehead atoms. The summed E-state index contributed by atoms with van der Waals surface area (Å²) in [6.07, 6.45) is 25.4. The minimum Gasteiger partial charge on any atom is -0.396 e. The molecule has 0 saturated heterocycles. The highest BCUT2D eigenvalue weighted by atomic mass is 16.3. The Hall–Kier alpha value is -0.410. The molecule has 0 aromatic rings. The normalized spacial score (nSPS) is 12.4. The lowest BCUT2D eigenvalue weighted by Crippen LogP contribution is -2.20. The van der Waals surface area contributed by atoms with Crippen LogP contribution in [0.15, 0.2) is 0 Å². The van der Waals surface area contributed by atoms with Crippen LogP contribution in [0.25, 0.3) is 0 Å². The highest BCUT2D eigenvalue weighted by molar-refractivity contribution is 5.82. The molecule has 0 saturated carbocycles. The van der Waals surface area contributed by atoms with E-state index in [9.17, 15) is 9.90 Å². The van der Waals surface area contributed by atoms with E-state index in [1.807, 2.05) is 0 Å². The number of ketones is 1. The van der Waals surface area contributed by atoms with Crippen molar-refractivity contribution >= 4 is 5.78 Å². The second kappa shape index (κ2) is 22.9. The Balaban J connectivity index is 3.11. The molecule has 0 spiro atoms. The summed E-state index contributed by atoms with van der Waals surface area (Å²) in [5.74, 6) is -0.218. The molecule has 0 heterocycles. The van der Waals surface area contributed by atoms with Crippen molar-refractivity contribution in [2.45, 2.75) is 148 Å². The average molecular weight is 399 g/mol. The van der Waals surface area contributed by atoms with Crippen LogP contribution >= 0.6 is 0 Å². The van der Waals surface area contributed by atoms with Crippen LogP contribution in [0.1, 0.15) is 142 Å². The van der Waals surface area contributed by atoms with Crippen LogP contribution in [-0.2, 0) is 4.79 Å². The Morgan fingerprint density at radius 2 is 0.929 bits per heavy atom. The van der Waals surface area contributed by atoms with Crippen molar-refractivity contribution in [3.8, 4) is 0 Å². The molecule has 168 valence electrons. The number of carbonyl (C=O) groups excluding carboxylic acids is 1. The van der Waals surface area contributed by atoms with E-state index in [1.54, 1.807) is 0 Å². The maximum atomic E-state index is 11.4. The lowest BCUT2D eigenvalue weighted by molar-refractivity contribution is -0.128. The summed E-state index contributed by atoms with van der Waals surface area (Å²) >= 11 is 0. The van der Waals surface area contributed by atoms with E-state index in [4.69, 9.17) is 5.11 Å². The Kier molecular flexibility index (Phi) is 22.5. The molecular formula is C25H50O3. The van der Waals surface area contributed by atoms with Gasteiger partial charge < -0.3 is 10.2 Å². The van der Waals surface area contributed by atoms with Crippen LogP contribution in [0.5, 0.6) is 0 Å². The van der Waals surface area contributed by atoms with E-state index in [2.05, 4.69) is 6.92 Å². The second-order valence-corrected chi connectivity index (χ2v) is 8.61. The molecule has 2 N–H and O–H groups in total. The van der Waals surface area contributed by atoms with Gasteiger partial charge in [0.25, 0.3) is 0 Å². The third-order valence-electron chi connectivity index (χ3n) is 5.81. The summed E-state index contributed by atoms with van der Waals surface area (Å²) in [6, 6.07) is 0. The van der Waals surface area contributed by atoms with Gasteiger partial charge in [-0.25, -0.2) is 0 Å². The number of carbonyl (C=O) groups is 1. The molecular weight excluding hydrogens is 348 g/mol. The van der Waals surface area contributed by atoms with Gasteiger partial charge in [-0.1, -0.05) is 129 Å². The van der Waals surface area contributed by atoms with Crippen molar-refractivity contribution in [3.05, 3.63) is 0 Å². The third kappa shape index (κ3) is 20.3. The van der Waals surface area contributed by atoms with Gasteiger partial charge in [0.05, 0.1) is 6.61 Å². The Morgan fingerprint density at radius 3 is 1.25 bits per heavy atom. The van der Waals surface area contributed by atoms with Crippen LogP contribution in [-0.4, -0.2) is 28.7 Å². The van der Waals surface area contributed by atoms with Crippen LogP contribution in [0.4, 0.5) is 0 Å². The number of hydrogen-bond donors (Lipinski definition) is 2. The summed E-state index contributed by atoms with van der Waals surface area (Å²) in [5, 5.41) is 18.3. The molecule has 0 aliphatic carbocycles. The van der Waals surface area contributed by atoms with E-state index >= 15 is 0 Å². The molecule has 0 aliphatic heterocycles. The molecule has 3 heteroatoms. The quantitative estimate of drug-likeness (QED) is 0.180. The monoisotopic (exact) mass is 398 g/mol. The fourth-order valence-corrected chi connectivity index (χ4v) is 3.85. The predicted octanol–water partition coefficient (Wildman–Crippen LogP) is 7.12. The smallest absolute Gasteiger partial charge is 0.163 e. The van der Waals surface area contributed by atoms with E-state index in [0.29, 0.717) is 6.42 Å². The first-order chi connectivity index (χ1) is 13.7. The maximum Gasteiger partial charge on any atom is 0.163 e. The lowest BCUT2D eigenvalue weighted by Gasteiger charge is -2.08. The van der Waals surface area contributed by atoms with Gasteiger partial charge in [-0.15, -0.1) is 0 Å². The highest BCUT2D eigenvalue weighted by Crippen LogP contribution is 2.15. The first-order valence-corrected chi connectivity index (χ1v) is 12.5. The van der Waals surface area contributed by atoms with Crippen LogP contribution < -0.4 is 0 Å². The highest BCUT2D eigenvalue weighted by Gasteiger charge is 2.13. The number of unbranched alkanes of at least 4 members (excludes halogenated alkanes) is 18. The summed E-state index contributed by atoms with van der Waals surface area (Å²) < 4.78 is 0. The number of aliphatic hydroxyl groups excluding tert-OH is 2. The fraction of sp³-hybridized carbons (Fsp3) is 0.960. The molecule has 28 heavy (non-hydrogen) atoms. The third-order valence-corrected chi connectivity index (χ3v) is 5.81. The van der Waals surface area contributed by atoms with Crippen molar-refractivity contribution in [1.82, 2.24) is 0 Å². The van der Waals surface area contributed by atoms with Crippen molar-refractivity contribution in [1.29, 1.82) is 0 Å². The summed E-state index contributed by atoms with van der Waals surface area (Å²) in [4.78, 5) is 11.4. The number of rotatable bonds is 23. The zero-order valence-electron chi connectivity index (χ0n) is 18.9. The maximum absolute atomic E-state index is 11.4. The van der Waals surface area contributed by atoms with Crippen molar-refractivity contribution < 1.29 is 15.0 Å². The van der Waals surface area contributed by atoms with Crippen molar-refractivity contribution in [3.63, 3.8) is 0 Å². The number of hydrogen-bond acceptors (Lipinski definition) is 3. The van der Waals surface area contributed by atoms with Crippen LogP contribution in [0.2, 0.25) is 0 Å². The average Bonchev–Trinajstić information content (AvgIpc) is 2.69. The summed E-state index contributed by atoms with van der Waals surface area (Å²) in [5.41, 5.74) is 0. The summed E-state index contributed by atoms with van der Waals surface area (Å²) in [7, 11) is 0. The minimum atomic E-state index is -0.863. The van der Waals surface area contributed by atoms with Gasteiger partial charge in [0.2, 0.25) is 0 Å². The molecule has 0 rings (SSSR count). The van der Waals surface area contributed by atoms with Gasteiger partial charge in [0, 0.05) is 6.42 Å². The van der Waals surface area contributed by atoms with E-state index in [0.717, 1.165) is 12.8 Å². The second-order valence-electron chi connectivity index (χ2n) is 8.61. The zero-order valence-corrected chi connectivity index (χ0v) is 18.9. The van der Waals surface area contributed by atoms with E-state index in [-0.39, 0.29) is 18.8 Å². The topological polar surface area (TPSA) is 57.5 Å². The molecule has 3 nitrogen and oxygen atoms in total. The largest absolute Gasteiger partial charge is 0.396 e. The van der Waals surface area contributed by atoms with Crippen LogP contribution in [0.3, 0.4) is 0 Å². The Labute approximate surface area is 175 Å². The Bertz CT molecular complexity index is 317. The zero-order chi connectivity index (χ0) is 20.7. The molecule has 1 atom stereocenters. The van der Waals surface area contributed by atoms with Crippen molar-refractivity contribution in [2.75, 3.05) is 6.61 Å².